The summed E-state index contributed by atoms with van der Waals surface area (Å²) in [7, 11) is 1.47. The topological polar surface area (TPSA) is 138 Å². The predicted octanol–water partition coefficient (Wildman–Crippen LogP) is -0.220. The number of pyridine rings is 1. The summed E-state index contributed by atoms with van der Waals surface area (Å²) in [6.07, 6.45) is 2.66. The van der Waals surface area contributed by atoms with Crippen molar-refractivity contribution in [2.75, 3.05) is 7.05 Å². The Labute approximate surface area is 134 Å². The molecule has 24 heavy (non-hydrogen) atoms. The van der Waals surface area contributed by atoms with Gasteiger partial charge in [0, 0.05) is 19.4 Å². The van der Waals surface area contributed by atoms with Crippen LogP contribution in [-0.4, -0.2) is 42.9 Å². The van der Waals surface area contributed by atoms with Gasteiger partial charge in [-0.15, -0.1) is 0 Å². The van der Waals surface area contributed by atoms with Gasteiger partial charge in [0.15, 0.2) is 0 Å². The maximum Gasteiger partial charge on any atom is 0.325 e. The summed E-state index contributed by atoms with van der Waals surface area (Å²) in [5.41, 5.74) is -1.11. The molecule has 0 aromatic carbocycles. The van der Waals surface area contributed by atoms with Crippen molar-refractivity contribution in [3.63, 3.8) is 0 Å². The summed E-state index contributed by atoms with van der Waals surface area (Å²) in [5.74, 6) is -0.106. The SMILES string of the molecule is CN(Cc1nc(-c2ccccn2)no1)C(=O)c1c[nH]c(=O)[nH]c1=O. The van der Waals surface area contributed by atoms with E-state index in [9.17, 15) is 14.4 Å². The lowest BCUT2D eigenvalue weighted by Gasteiger charge is -2.13. The van der Waals surface area contributed by atoms with E-state index in [4.69, 9.17) is 4.52 Å². The number of H-pyrrole nitrogens is 2. The van der Waals surface area contributed by atoms with E-state index in [-0.39, 0.29) is 18.0 Å². The molecule has 3 aromatic heterocycles. The van der Waals surface area contributed by atoms with Crippen LogP contribution in [0.2, 0.25) is 0 Å². The first-order valence-corrected chi connectivity index (χ1v) is 6.86. The summed E-state index contributed by atoms with van der Waals surface area (Å²) < 4.78 is 5.09. The summed E-state index contributed by atoms with van der Waals surface area (Å²) >= 11 is 0. The van der Waals surface area contributed by atoms with Gasteiger partial charge < -0.3 is 14.4 Å². The van der Waals surface area contributed by atoms with Gasteiger partial charge in [-0.1, -0.05) is 11.2 Å². The van der Waals surface area contributed by atoms with Gasteiger partial charge in [-0.3, -0.25) is 19.6 Å². The minimum absolute atomic E-state index is 0.00274. The van der Waals surface area contributed by atoms with Gasteiger partial charge in [-0.2, -0.15) is 4.98 Å². The molecule has 0 atom stereocenters. The van der Waals surface area contributed by atoms with E-state index in [1.165, 1.54) is 11.9 Å². The van der Waals surface area contributed by atoms with Crippen LogP contribution in [0.25, 0.3) is 11.5 Å². The van der Waals surface area contributed by atoms with Crippen LogP contribution in [0.4, 0.5) is 0 Å². The molecule has 10 nitrogen and oxygen atoms in total. The van der Waals surface area contributed by atoms with Crippen molar-refractivity contribution >= 4 is 5.91 Å². The molecule has 3 rings (SSSR count). The van der Waals surface area contributed by atoms with Gasteiger partial charge in [0.05, 0.1) is 0 Å². The van der Waals surface area contributed by atoms with E-state index in [1.54, 1.807) is 24.4 Å². The second-order valence-corrected chi connectivity index (χ2v) is 4.87. The van der Waals surface area contributed by atoms with E-state index in [2.05, 4.69) is 20.1 Å². The molecule has 0 bridgehead atoms. The van der Waals surface area contributed by atoms with Crippen molar-refractivity contribution in [3.8, 4) is 11.5 Å². The minimum atomic E-state index is -0.768. The molecular weight excluding hydrogens is 316 g/mol. The van der Waals surface area contributed by atoms with Crippen molar-refractivity contribution in [3.05, 3.63) is 62.9 Å². The second kappa shape index (κ2) is 6.28. The highest BCUT2D eigenvalue weighted by Crippen LogP contribution is 2.13. The quantitative estimate of drug-likeness (QED) is 0.675. The third kappa shape index (κ3) is 3.11. The molecule has 0 spiro atoms. The maximum absolute atomic E-state index is 12.2. The molecule has 0 unspecified atom stereocenters. The summed E-state index contributed by atoms with van der Waals surface area (Å²) in [6.45, 7) is -0.00274. The average Bonchev–Trinajstić information content (AvgIpc) is 3.03. The van der Waals surface area contributed by atoms with E-state index in [0.29, 0.717) is 11.5 Å². The van der Waals surface area contributed by atoms with Crippen molar-refractivity contribution in [1.29, 1.82) is 0 Å². The molecule has 122 valence electrons. The van der Waals surface area contributed by atoms with Crippen LogP contribution in [0.15, 0.2) is 44.7 Å². The fraction of sp³-hybridized carbons (Fsp3) is 0.143. The molecule has 2 N–H and O–H groups in total. The lowest BCUT2D eigenvalue weighted by Crippen LogP contribution is -2.34. The fourth-order valence-corrected chi connectivity index (χ4v) is 1.97. The Morgan fingerprint density at radius 1 is 1.33 bits per heavy atom. The van der Waals surface area contributed by atoms with Gasteiger partial charge in [-0.25, -0.2) is 4.79 Å². The molecule has 0 aliphatic carbocycles. The Morgan fingerprint density at radius 3 is 2.88 bits per heavy atom. The number of rotatable bonds is 4. The molecule has 1 amide bonds. The van der Waals surface area contributed by atoms with Crippen molar-refractivity contribution < 1.29 is 9.32 Å². The number of aromatic nitrogens is 5. The standard InChI is InChI=1S/C14H12N6O4/c1-20(13(22)8-6-16-14(23)18-12(8)21)7-10-17-11(19-24-10)9-4-2-3-5-15-9/h2-6H,7H2,1H3,(H2,16,18,21,23). The van der Waals surface area contributed by atoms with Gasteiger partial charge >= 0.3 is 5.69 Å². The summed E-state index contributed by atoms with van der Waals surface area (Å²) in [6, 6.07) is 5.28. The first-order valence-electron chi connectivity index (χ1n) is 6.86. The zero-order valence-corrected chi connectivity index (χ0v) is 12.5. The van der Waals surface area contributed by atoms with Crippen LogP contribution in [0, 0.1) is 0 Å². The Morgan fingerprint density at radius 2 is 2.17 bits per heavy atom. The fourth-order valence-electron chi connectivity index (χ4n) is 1.97. The zero-order valence-electron chi connectivity index (χ0n) is 12.5. The number of carbonyl (C=O) groups excluding carboxylic acids is 1. The molecule has 3 heterocycles. The van der Waals surface area contributed by atoms with E-state index in [0.717, 1.165) is 6.20 Å². The zero-order chi connectivity index (χ0) is 17.1. The molecule has 3 aromatic rings. The number of aromatic amines is 2. The first kappa shape index (κ1) is 15.3. The average molecular weight is 328 g/mol. The van der Waals surface area contributed by atoms with Crippen LogP contribution in [0.3, 0.4) is 0 Å². The third-order valence-electron chi connectivity index (χ3n) is 3.13. The molecule has 0 saturated heterocycles. The second-order valence-electron chi connectivity index (χ2n) is 4.87. The Kier molecular flexibility index (Phi) is 4.01. The lowest BCUT2D eigenvalue weighted by atomic mass is 10.3. The van der Waals surface area contributed by atoms with Gasteiger partial charge in [0.25, 0.3) is 11.5 Å². The molecular formula is C14H12N6O4. The monoisotopic (exact) mass is 328 g/mol. The maximum atomic E-state index is 12.2. The van der Waals surface area contributed by atoms with E-state index < -0.39 is 17.2 Å². The number of carbonyl (C=O) groups is 1. The number of nitrogens with one attached hydrogen (secondary N) is 2. The molecule has 0 fully saturated rings. The van der Waals surface area contributed by atoms with Gasteiger partial charge in [0.2, 0.25) is 11.7 Å². The van der Waals surface area contributed by atoms with Gasteiger partial charge in [-0.05, 0) is 12.1 Å². The third-order valence-corrected chi connectivity index (χ3v) is 3.13. The number of hydrogen-bond acceptors (Lipinski definition) is 7. The van der Waals surface area contributed by atoms with E-state index in [1.807, 2.05) is 4.98 Å². The normalized spacial score (nSPS) is 10.5. The molecule has 0 saturated carbocycles. The minimum Gasteiger partial charge on any atom is -0.337 e. The van der Waals surface area contributed by atoms with Crippen LogP contribution in [-0.2, 0) is 6.54 Å². The molecule has 0 radical (unpaired) electrons. The van der Waals surface area contributed by atoms with Crippen molar-refractivity contribution in [2.24, 2.45) is 0 Å². The van der Waals surface area contributed by atoms with E-state index >= 15 is 0 Å². The summed E-state index contributed by atoms with van der Waals surface area (Å²) in [4.78, 5) is 48.6. The van der Waals surface area contributed by atoms with Crippen LogP contribution in [0.1, 0.15) is 16.2 Å². The molecule has 0 aliphatic heterocycles. The van der Waals surface area contributed by atoms with Crippen molar-refractivity contribution in [1.82, 2.24) is 30.0 Å². The lowest BCUT2D eigenvalue weighted by molar-refractivity contribution is 0.0767. The highest BCUT2D eigenvalue weighted by Gasteiger charge is 2.19. The first-order chi connectivity index (χ1) is 11.5. The Hall–Kier alpha value is -3.56. The predicted molar refractivity (Wildman–Crippen MR) is 81.0 cm³/mol. The number of amides is 1. The highest BCUT2D eigenvalue weighted by atomic mass is 16.5. The van der Waals surface area contributed by atoms with Gasteiger partial charge in [0.1, 0.15) is 17.8 Å². The van der Waals surface area contributed by atoms with Crippen molar-refractivity contribution in [2.45, 2.75) is 6.54 Å². The van der Waals surface area contributed by atoms with Crippen LogP contribution < -0.4 is 11.2 Å². The number of hydrogen-bond donors (Lipinski definition) is 2. The highest BCUT2D eigenvalue weighted by molar-refractivity contribution is 5.93. The smallest absolute Gasteiger partial charge is 0.325 e. The largest absolute Gasteiger partial charge is 0.337 e. The Bertz CT molecular complexity index is 974. The number of nitrogens with zero attached hydrogens (tertiary/aromatic N) is 4. The molecule has 0 aliphatic rings. The summed E-state index contributed by atoms with van der Waals surface area (Å²) in [5, 5.41) is 3.80. The Balaban J connectivity index is 1.76. The van der Waals surface area contributed by atoms with Crippen LogP contribution >= 0.6 is 0 Å². The van der Waals surface area contributed by atoms with Crippen LogP contribution in [0.5, 0.6) is 0 Å². The molecule has 10 heteroatoms.